The van der Waals surface area contributed by atoms with E-state index in [0.717, 1.165) is 16.5 Å². The van der Waals surface area contributed by atoms with Gasteiger partial charge < -0.3 is 5.11 Å². The second kappa shape index (κ2) is 4.19. The first kappa shape index (κ1) is 10.8. The highest BCUT2D eigenvalue weighted by atomic mass is 16.3. The minimum Gasteiger partial charge on any atom is -0.506 e. The van der Waals surface area contributed by atoms with Crippen molar-refractivity contribution in [2.24, 2.45) is 0 Å². The number of benzene rings is 2. The van der Waals surface area contributed by atoms with Crippen molar-refractivity contribution in [2.75, 3.05) is 0 Å². The van der Waals surface area contributed by atoms with Crippen LogP contribution in [0.15, 0.2) is 54.7 Å². The lowest BCUT2D eigenvalue weighted by molar-refractivity contribution is 0.484. The summed E-state index contributed by atoms with van der Waals surface area (Å²) in [6.45, 7) is 0. The van der Waals surface area contributed by atoms with E-state index in [9.17, 15) is 5.11 Å². The van der Waals surface area contributed by atoms with Gasteiger partial charge in [-0.2, -0.15) is 0 Å². The first-order valence-electron chi connectivity index (χ1n) is 5.69. The van der Waals surface area contributed by atoms with E-state index in [1.54, 1.807) is 12.3 Å². The molecule has 1 heterocycles. The third kappa shape index (κ3) is 1.64. The van der Waals surface area contributed by atoms with Gasteiger partial charge in [-0.05, 0) is 17.2 Å². The molecule has 0 saturated heterocycles. The molecular weight excluding hydrogens is 221 g/mol. The zero-order chi connectivity index (χ0) is 12.5. The summed E-state index contributed by atoms with van der Waals surface area (Å²) >= 11 is 0. The number of hydrogen-bond acceptors (Lipinski definition) is 2. The first-order valence-corrected chi connectivity index (χ1v) is 5.69. The van der Waals surface area contributed by atoms with E-state index in [2.05, 4.69) is 4.98 Å². The molecular formula is C15H10BNO. The zero-order valence-electron chi connectivity index (χ0n) is 9.67. The van der Waals surface area contributed by atoms with Crippen LogP contribution in [0.4, 0.5) is 0 Å². The molecule has 18 heavy (non-hydrogen) atoms. The molecule has 2 aromatic carbocycles. The van der Waals surface area contributed by atoms with Crippen LogP contribution in [0.3, 0.4) is 0 Å². The molecule has 1 N–H and O–H groups in total. The van der Waals surface area contributed by atoms with Crippen molar-refractivity contribution in [3.63, 3.8) is 0 Å². The van der Waals surface area contributed by atoms with Crippen molar-refractivity contribution in [1.29, 1.82) is 0 Å². The van der Waals surface area contributed by atoms with Gasteiger partial charge in [-0.1, -0.05) is 47.9 Å². The topological polar surface area (TPSA) is 33.1 Å². The first-order chi connectivity index (χ1) is 8.77. The summed E-state index contributed by atoms with van der Waals surface area (Å²) in [6, 6.07) is 15.5. The lowest BCUT2D eigenvalue weighted by atomic mass is 9.88. The van der Waals surface area contributed by atoms with Gasteiger partial charge in [-0.3, -0.25) is 4.98 Å². The minimum absolute atomic E-state index is 0.0466. The Labute approximate surface area is 106 Å². The highest BCUT2D eigenvalue weighted by Crippen LogP contribution is 2.30. The van der Waals surface area contributed by atoms with Crippen LogP contribution in [0, 0.1) is 0 Å². The lowest BCUT2D eigenvalue weighted by Gasteiger charge is -2.10. The lowest BCUT2D eigenvalue weighted by Crippen LogP contribution is -2.04. The van der Waals surface area contributed by atoms with Crippen LogP contribution in [0.2, 0.25) is 0 Å². The average molecular weight is 231 g/mol. The van der Waals surface area contributed by atoms with Gasteiger partial charge in [0, 0.05) is 11.6 Å². The van der Waals surface area contributed by atoms with Gasteiger partial charge in [0.25, 0.3) is 0 Å². The van der Waals surface area contributed by atoms with Gasteiger partial charge in [-0.25, -0.2) is 0 Å². The highest BCUT2D eigenvalue weighted by Gasteiger charge is 2.10. The molecule has 0 aliphatic rings. The maximum absolute atomic E-state index is 9.94. The number of hydrogen-bond donors (Lipinski definition) is 1. The molecule has 3 heteroatoms. The Bertz CT molecular complexity index is 710. The second-order valence-electron chi connectivity index (χ2n) is 4.13. The Kier molecular flexibility index (Phi) is 2.52. The van der Waals surface area contributed by atoms with Gasteiger partial charge in [0.15, 0.2) is 0 Å². The summed E-state index contributed by atoms with van der Waals surface area (Å²) in [7, 11) is 5.83. The zero-order valence-corrected chi connectivity index (χ0v) is 9.67. The van der Waals surface area contributed by atoms with Crippen LogP contribution < -0.4 is 5.46 Å². The molecule has 0 fully saturated rings. The summed E-state index contributed by atoms with van der Waals surface area (Å²) in [5, 5.41) is 10.8. The van der Waals surface area contributed by atoms with Crippen molar-refractivity contribution in [3.8, 4) is 16.9 Å². The fraction of sp³-hybridized carbons (Fsp3) is 0. The SMILES string of the molecule is [B]c1cc(-c2ccccc2)c2cccnc2c1O. The number of phenols is 1. The number of fused-ring (bicyclic) bond motifs is 1. The van der Waals surface area contributed by atoms with Crippen molar-refractivity contribution in [2.45, 2.75) is 0 Å². The highest BCUT2D eigenvalue weighted by molar-refractivity contribution is 6.36. The summed E-state index contributed by atoms with van der Waals surface area (Å²) in [6.07, 6.45) is 1.65. The molecule has 84 valence electrons. The van der Waals surface area contributed by atoms with Gasteiger partial charge in [-0.15, -0.1) is 0 Å². The van der Waals surface area contributed by atoms with Crippen molar-refractivity contribution in [1.82, 2.24) is 4.98 Å². The van der Waals surface area contributed by atoms with E-state index >= 15 is 0 Å². The normalized spacial score (nSPS) is 10.7. The number of aromatic hydroxyl groups is 1. The molecule has 2 radical (unpaired) electrons. The predicted octanol–water partition coefficient (Wildman–Crippen LogP) is 2.40. The van der Waals surface area contributed by atoms with Crippen LogP contribution in [0.1, 0.15) is 0 Å². The molecule has 0 aliphatic heterocycles. The van der Waals surface area contributed by atoms with E-state index in [4.69, 9.17) is 7.85 Å². The molecule has 1 aromatic heterocycles. The van der Waals surface area contributed by atoms with E-state index in [1.807, 2.05) is 42.5 Å². The quantitative estimate of drug-likeness (QED) is 0.652. The molecule has 0 unspecified atom stereocenters. The van der Waals surface area contributed by atoms with Crippen LogP contribution in [0.25, 0.3) is 22.0 Å². The fourth-order valence-electron chi connectivity index (χ4n) is 2.11. The number of aromatic nitrogens is 1. The fourth-order valence-corrected chi connectivity index (χ4v) is 2.11. The van der Waals surface area contributed by atoms with Crippen LogP contribution in [0.5, 0.6) is 5.75 Å². The van der Waals surface area contributed by atoms with E-state index in [0.29, 0.717) is 11.0 Å². The number of rotatable bonds is 1. The summed E-state index contributed by atoms with van der Waals surface area (Å²) in [5.74, 6) is 0.0466. The third-order valence-electron chi connectivity index (χ3n) is 2.98. The summed E-state index contributed by atoms with van der Waals surface area (Å²) in [5.41, 5.74) is 2.92. The van der Waals surface area contributed by atoms with E-state index in [1.165, 1.54) is 0 Å². The van der Waals surface area contributed by atoms with E-state index < -0.39 is 0 Å². The Balaban J connectivity index is 2.40. The average Bonchev–Trinajstić information content (AvgIpc) is 2.44. The number of nitrogens with zero attached hydrogens (tertiary/aromatic N) is 1. The molecule has 0 bridgehead atoms. The van der Waals surface area contributed by atoms with Crippen LogP contribution >= 0.6 is 0 Å². The second-order valence-corrected chi connectivity index (χ2v) is 4.13. The third-order valence-corrected chi connectivity index (χ3v) is 2.98. The van der Waals surface area contributed by atoms with Crippen molar-refractivity contribution in [3.05, 3.63) is 54.7 Å². The Morgan fingerprint density at radius 2 is 1.78 bits per heavy atom. The number of phenolic OH excluding ortho intramolecular Hbond substituents is 1. The smallest absolute Gasteiger partial charge is 0.134 e. The Morgan fingerprint density at radius 1 is 1.00 bits per heavy atom. The minimum atomic E-state index is 0.0466. The van der Waals surface area contributed by atoms with Crippen LogP contribution in [-0.2, 0) is 0 Å². The van der Waals surface area contributed by atoms with Gasteiger partial charge >= 0.3 is 0 Å². The summed E-state index contributed by atoms with van der Waals surface area (Å²) in [4.78, 5) is 4.20. The maximum Gasteiger partial charge on any atom is 0.134 e. The molecule has 2 nitrogen and oxygen atoms in total. The van der Waals surface area contributed by atoms with Crippen LogP contribution in [-0.4, -0.2) is 17.9 Å². The van der Waals surface area contributed by atoms with Gasteiger partial charge in [0.2, 0.25) is 0 Å². The van der Waals surface area contributed by atoms with Crippen molar-refractivity contribution < 1.29 is 5.11 Å². The molecule has 3 aromatic rings. The predicted molar refractivity (Wildman–Crippen MR) is 74.2 cm³/mol. The Hall–Kier alpha value is -2.29. The molecule has 0 saturated carbocycles. The maximum atomic E-state index is 9.94. The number of pyridine rings is 1. The Morgan fingerprint density at radius 3 is 2.56 bits per heavy atom. The molecule has 3 rings (SSSR count). The van der Waals surface area contributed by atoms with Gasteiger partial charge in [0.05, 0.1) is 0 Å². The van der Waals surface area contributed by atoms with E-state index in [-0.39, 0.29) is 5.75 Å². The summed E-state index contributed by atoms with van der Waals surface area (Å²) < 4.78 is 0. The molecule has 0 spiro atoms. The standard InChI is InChI=1S/C15H10BNO/c16-13-9-12(10-5-2-1-3-6-10)11-7-4-8-17-14(11)15(13)18/h1-9,18H. The van der Waals surface area contributed by atoms with Crippen molar-refractivity contribution >= 4 is 24.2 Å². The van der Waals surface area contributed by atoms with Gasteiger partial charge in [0.1, 0.15) is 19.1 Å². The molecule has 0 aliphatic carbocycles. The molecule has 0 amide bonds. The largest absolute Gasteiger partial charge is 0.506 e. The molecule has 0 atom stereocenters. The monoisotopic (exact) mass is 231 g/mol.